The maximum atomic E-state index is 13.1. The number of nitrogens with one attached hydrogen (secondary N) is 1. The molecule has 162 valence electrons. The summed E-state index contributed by atoms with van der Waals surface area (Å²) in [7, 11) is 0. The molecule has 3 heterocycles. The third-order valence-electron chi connectivity index (χ3n) is 5.33. The van der Waals surface area contributed by atoms with Crippen molar-refractivity contribution in [3.05, 3.63) is 88.9 Å². The number of pyridine rings is 2. The van der Waals surface area contributed by atoms with E-state index in [1.807, 2.05) is 4.90 Å². The summed E-state index contributed by atoms with van der Waals surface area (Å²) in [5, 5.41) is 3.27. The van der Waals surface area contributed by atoms with Gasteiger partial charge in [0.15, 0.2) is 0 Å². The molecule has 0 aliphatic carbocycles. The molecule has 3 aromatic rings. The molecule has 0 radical (unpaired) electrons. The third kappa shape index (κ3) is 4.59. The second kappa shape index (κ2) is 8.47. The van der Waals surface area contributed by atoms with Crippen LogP contribution in [0.5, 0.6) is 0 Å². The first-order chi connectivity index (χ1) is 14.8. The Bertz CT molecular complexity index is 1110. The van der Waals surface area contributed by atoms with Crippen molar-refractivity contribution < 1.29 is 19.4 Å². The van der Waals surface area contributed by atoms with Gasteiger partial charge in [0.25, 0.3) is 0 Å². The lowest BCUT2D eigenvalue weighted by molar-refractivity contribution is -0.137. The van der Waals surface area contributed by atoms with Gasteiger partial charge in [-0.1, -0.05) is 18.2 Å². The van der Waals surface area contributed by atoms with Crippen LogP contribution in [-0.4, -0.2) is 35.4 Å². The van der Waals surface area contributed by atoms with Crippen molar-refractivity contribution in [1.82, 2.24) is 15.3 Å². The van der Waals surface area contributed by atoms with E-state index in [4.69, 9.17) is 0 Å². The standard InChI is InChI=1S/C23H21F3N4O.H2/c1-15-18(7-4-10-27-15)22(31)19-8-3-9-21(29-19)30-12-11-28-20(14-30)16-5-2-6-17(13-16)23(24,25)26;/h2-10,13,20,28H,11-12,14H2,1H3;1H. The number of piperazine rings is 1. The Kier molecular flexibility index (Phi) is 5.73. The van der Waals surface area contributed by atoms with Crippen LogP contribution in [0.4, 0.5) is 19.0 Å². The maximum Gasteiger partial charge on any atom is 0.416 e. The van der Waals surface area contributed by atoms with Crippen molar-refractivity contribution in [1.29, 1.82) is 0 Å². The Hall–Kier alpha value is -3.26. The van der Waals surface area contributed by atoms with E-state index >= 15 is 0 Å². The molecule has 4 rings (SSSR count). The van der Waals surface area contributed by atoms with Gasteiger partial charge in [0, 0.05) is 44.6 Å². The third-order valence-corrected chi connectivity index (χ3v) is 5.33. The number of nitrogens with zero attached hydrogens (tertiary/aromatic N) is 3. The number of hydrogen-bond acceptors (Lipinski definition) is 5. The Morgan fingerprint density at radius 3 is 2.74 bits per heavy atom. The molecule has 5 nitrogen and oxygen atoms in total. The average molecular weight is 428 g/mol. The minimum atomic E-state index is -4.38. The number of aryl methyl sites for hydroxylation is 1. The number of aromatic nitrogens is 2. The molecule has 1 atom stereocenters. The highest BCUT2D eigenvalue weighted by Gasteiger charge is 2.31. The van der Waals surface area contributed by atoms with Gasteiger partial charge in [0.1, 0.15) is 11.5 Å². The molecule has 1 fully saturated rings. The van der Waals surface area contributed by atoms with Gasteiger partial charge in [-0.05, 0) is 48.9 Å². The first kappa shape index (κ1) is 21.0. The van der Waals surface area contributed by atoms with Gasteiger partial charge in [0.05, 0.1) is 5.56 Å². The summed E-state index contributed by atoms with van der Waals surface area (Å²) < 4.78 is 39.3. The highest BCUT2D eigenvalue weighted by molar-refractivity contribution is 6.08. The summed E-state index contributed by atoms with van der Waals surface area (Å²) in [6.07, 6.45) is -2.75. The zero-order valence-electron chi connectivity index (χ0n) is 16.9. The fourth-order valence-electron chi connectivity index (χ4n) is 3.70. The minimum absolute atomic E-state index is 0. The molecule has 31 heavy (non-hydrogen) atoms. The summed E-state index contributed by atoms with van der Waals surface area (Å²) in [5.41, 5.74) is 1.34. The van der Waals surface area contributed by atoms with E-state index in [0.29, 0.717) is 48.0 Å². The van der Waals surface area contributed by atoms with Crippen molar-refractivity contribution in [3.63, 3.8) is 0 Å². The molecule has 0 bridgehead atoms. The van der Waals surface area contributed by atoms with Crippen molar-refractivity contribution in [2.75, 3.05) is 24.5 Å². The molecule has 1 aliphatic heterocycles. The number of rotatable bonds is 4. The fraction of sp³-hybridized carbons (Fsp3) is 0.261. The highest BCUT2D eigenvalue weighted by Crippen LogP contribution is 2.31. The van der Waals surface area contributed by atoms with Crippen LogP contribution in [0.1, 0.15) is 40.3 Å². The summed E-state index contributed by atoms with van der Waals surface area (Å²) in [6.45, 7) is 3.43. The Balaban J connectivity index is 0.00000289. The van der Waals surface area contributed by atoms with Crippen LogP contribution in [0, 0.1) is 6.92 Å². The van der Waals surface area contributed by atoms with Gasteiger partial charge in [0.2, 0.25) is 5.78 Å². The summed E-state index contributed by atoms with van der Waals surface area (Å²) >= 11 is 0. The lowest BCUT2D eigenvalue weighted by atomic mass is 10.0. The summed E-state index contributed by atoms with van der Waals surface area (Å²) in [4.78, 5) is 23.6. The van der Waals surface area contributed by atoms with E-state index in [-0.39, 0.29) is 13.3 Å². The first-order valence-corrected chi connectivity index (χ1v) is 9.92. The molecule has 0 amide bonds. The molecule has 1 unspecified atom stereocenters. The second-order valence-corrected chi connectivity index (χ2v) is 7.42. The summed E-state index contributed by atoms with van der Waals surface area (Å²) in [5.74, 6) is 0.405. The second-order valence-electron chi connectivity index (χ2n) is 7.42. The van der Waals surface area contributed by atoms with Crippen molar-refractivity contribution in [2.24, 2.45) is 0 Å². The van der Waals surface area contributed by atoms with Crippen LogP contribution < -0.4 is 10.2 Å². The van der Waals surface area contributed by atoms with Crippen LogP contribution in [0.2, 0.25) is 0 Å². The first-order valence-electron chi connectivity index (χ1n) is 9.92. The van der Waals surface area contributed by atoms with E-state index in [1.54, 1.807) is 49.5 Å². The molecule has 2 aromatic heterocycles. The number of carbonyl (C=O) groups is 1. The van der Waals surface area contributed by atoms with Gasteiger partial charge in [-0.15, -0.1) is 0 Å². The molecule has 1 N–H and O–H groups in total. The van der Waals surface area contributed by atoms with Gasteiger partial charge < -0.3 is 10.2 Å². The lowest BCUT2D eigenvalue weighted by Crippen LogP contribution is -2.46. The molecular weight excluding hydrogens is 405 g/mol. The monoisotopic (exact) mass is 428 g/mol. The number of hydrogen-bond donors (Lipinski definition) is 1. The SMILES string of the molecule is Cc1ncccc1C(=O)c1cccc(N2CCNC(c3cccc(C(F)(F)F)c3)C2)n1.[HH]. The van der Waals surface area contributed by atoms with Crippen molar-refractivity contribution in [3.8, 4) is 0 Å². The predicted octanol–water partition coefficient (Wildman–Crippen LogP) is 4.43. The molecule has 1 aliphatic rings. The topological polar surface area (TPSA) is 58.1 Å². The largest absolute Gasteiger partial charge is 0.416 e. The smallest absolute Gasteiger partial charge is 0.353 e. The number of carbonyl (C=O) groups excluding carboxylic acids is 1. The van der Waals surface area contributed by atoms with E-state index < -0.39 is 11.7 Å². The van der Waals surface area contributed by atoms with Crippen LogP contribution >= 0.6 is 0 Å². The molecule has 0 spiro atoms. The average Bonchev–Trinajstić information content (AvgIpc) is 2.79. The molecule has 1 aromatic carbocycles. The summed E-state index contributed by atoms with van der Waals surface area (Å²) in [6, 6.07) is 13.7. The Morgan fingerprint density at radius 1 is 1.16 bits per heavy atom. The van der Waals surface area contributed by atoms with E-state index in [0.717, 1.165) is 6.07 Å². The predicted molar refractivity (Wildman–Crippen MR) is 113 cm³/mol. The van der Waals surface area contributed by atoms with Crippen LogP contribution in [0.25, 0.3) is 0 Å². The molecule has 0 saturated carbocycles. The van der Waals surface area contributed by atoms with Gasteiger partial charge in [-0.3, -0.25) is 9.78 Å². The Labute approximate surface area is 179 Å². The molecule has 1 saturated heterocycles. The molecule has 8 heteroatoms. The Morgan fingerprint density at radius 2 is 1.97 bits per heavy atom. The van der Waals surface area contributed by atoms with E-state index in [2.05, 4.69) is 15.3 Å². The number of ketones is 1. The minimum Gasteiger partial charge on any atom is -0.353 e. The van der Waals surface area contributed by atoms with E-state index in [9.17, 15) is 18.0 Å². The van der Waals surface area contributed by atoms with E-state index in [1.165, 1.54) is 12.1 Å². The fourth-order valence-corrected chi connectivity index (χ4v) is 3.70. The molecular formula is C23H23F3N4O. The van der Waals surface area contributed by atoms with Crippen molar-refractivity contribution >= 4 is 11.6 Å². The maximum absolute atomic E-state index is 13.1. The highest BCUT2D eigenvalue weighted by atomic mass is 19.4. The zero-order chi connectivity index (χ0) is 22.0. The van der Waals surface area contributed by atoms with Crippen LogP contribution in [0.15, 0.2) is 60.8 Å². The van der Waals surface area contributed by atoms with Gasteiger partial charge in [-0.2, -0.15) is 13.2 Å². The van der Waals surface area contributed by atoms with Crippen LogP contribution in [-0.2, 0) is 6.18 Å². The number of alkyl halides is 3. The number of anilines is 1. The van der Waals surface area contributed by atoms with Crippen molar-refractivity contribution in [2.45, 2.75) is 19.1 Å². The van der Waals surface area contributed by atoms with Gasteiger partial charge in [-0.25, -0.2) is 4.98 Å². The van der Waals surface area contributed by atoms with Crippen LogP contribution in [0.3, 0.4) is 0 Å². The quantitative estimate of drug-likeness (QED) is 0.623. The number of halogens is 3. The van der Waals surface area contributed by atoms with Gasteiger partial charge >= 0.3 is 6.18 Å². The normalized spacial score (nSPS) is 16.9. The zero-order valence-corrected chi connectivity index (χ0v) is 16.9. The number of benzene rings is 1. The lowest BCUT2D eigenvalue weighted by Gasteiger charge is -2.35.